The zero-order valence-electron chi connectivity index (χ0n) is 8.01. The van der Waals surface area contributed by atoms with Gasteiger partial charge in [-0.25, -0.2) is 9.97 Å². The van der Waals surface area contributed by atoms with E-state index in [-0.39, 0.29) is 0 Å². The normalized spacial score (nSPS) is 20.1. The highest BCUT2D eigenvalue weighted by Crippen LogP contribution is 2.30. The summed E-state index contributed by atoms with van der Waals surface area (Å²) in [7, 11) is 0. The minimum Gasteiger partial charge on any atom is -0.349 e. The number of aromatic nitrogens is 2. The molecule has 1 aromatic heterocycles. The van der Waals surface area contributed by atoms with Crippen LogP contribution >= 0.6 is 0 Å². The highest BCUT2D eigenvalue weighted by Gasteiger charge is 2.31. The summed E-state index contributed by atoms with van der Waals surface area (Å²) in [6.07, 6.45) is 1.64. The van der Waals surface area contributed by atoms with Crippen molar-refractivity contribution in [1.82, 2.24) is 9.97 Å². The summed E-state index contributed by atoms with van der Waals surface area (Å²) in [5.74, 6) is 1.07. The monoisotopic (exact) mass is 185 g/mol. The van der Waals surface area contributed by atoms with E-state index < -0.39 is 0 Å². The van der Waals surface area contributed by atoms with E-state index in [4.69, 9.17) is 0 Å². The van der Waals surface area contributed by atoms with Gasteiger partial charge < -0.3 is 4.90 Å². The van der Waals surface area contributed by atoms with Gasteiger partial charge in [-0.05, 0) is 19.1 Å². The molecule has 1 aromatic carbocycles. The predicted octanol–water partition coefficient (Wildman–Crippen LogP) is 1.84. The van der Waals surface area contributed by atoms with E-state index in [0.29, 0.717) is 6.04 Å². The molecule has 14 heavy (non-hydrogen) atoms. The Morgan fingerprint density at radius 2 is 2.07 bits per heavy atom. The Labute approximate surface area is 82.4 Å². The molecule has 3 nitrogen and oxygen atoms in total. The molecule has 2 heterocycles. The largest absolute Gasteiger partial charge is 0.349 e. The molecule has 2 aromatic rings. The van der Waals surface area contributed by atoms with Crippen LogP contribution in [0.3, 0.4) is 0 Å². The van der Waals surface area contributed by atoms with E-state index in [1.165, 1.54) is 0 Å². The summed E-state index contributed by atoms with van der Waals surface area (Å²) < 4.78 is 0. The van der Waals surface area contributed by atoms with E-state index in [2.05, 4.69) is 27.9 Å². The van der Waals surface area contributed by atoms with Crippen LogP contribution in [0.25, 0.3) is 10.9 Å². The number of fused-ring (bicyclic) bond motifs is 1. The smallest absolute Gasteiger partial charge is 0.140 e. The molecule has 0 saturated carbocycles. The van der Waals surface area contributed by atoms with Crippen molar-refractivity contribution < 1.29 is 0 Å². The summed E-state index contributed by atoms with van der Waals surface area (Å²) >= 11 is 0. The first-order valence-electron chi connectivity index (χ1n) is 4.82. The molecule has 1 unspecified atom stereocenters. The van der Waals surface area contributed by atoms with Crippen LogP contribution in [0.2, 0.25) is 0 Å². The standard InChI is InChI=1S/C11H11N3/c1-8-6-14(8)11-9-4-2-3-5-10(9)12-7-13-11/h2-5,7-8H,6H2,1H3. The molecular formula is C11H11N3. The van der Waals surface area contributed by atoms with Crippen molar-refractivity contribution in [3.8, 4) is 0 Å². The van der Waals surface area contributed by atoms with Gasteiger partial charge in [-0.2, -0.15) is 0 Å². The fourth-order valence-electron chi connectivity index (χ4n) is 1.75. The van der Waals surface area contributed by atoms with Crippen LogP contribution in [0, 0.1) is 0 Å². The maximum Gasteiger partial charge on any atom is 0.140 e. The lowest BCUT2D eigenvalue weighted by molar-refractivity contribution is 1.10. The maximum atomic E-state index is 4.33. The van der Waals surface area contributed by atoms with Crippen LogP contribution < -0.4 is 4.90 Å². The SMILES string of the molecule is CC1CN1c1ncnc2ccccc12. The molecule has 3 rings (SSSR count). The number of anilines is 1. The highest BCUT2D eigenvalue weighted by molar-refractivity contribution is 5.90. The quantitative estimate of drug-likeness (QED) is 0.635. The van der Waals surface area contributed by atoms with Gasteiger partial charge in [0.15, 0.2) is 0 Å². The van der Waals surface area contributed by atoms with Gasteiger partial charge in [-0.15, -0.1) is 0 Å². The molecule has 1 atom stereocenters. The molecule has 0 amide bonds. The van der Waals surface area contributed by atoms with Crippen molar-refractivity contribution >= 4 is 16.7 Å². The molecule has 3 heteroatoms. The van der Waals surface area contributed by atoms with Gasteiger partial charge in [0, 0.05) is 18.0 Å². The Bertz CT molecular complexity index is 475. The topological polar surface area (TPSA) is 28.8 Å². The summed E-state index contributed by atoms with van der Waals surface area (Å²) in [6, 6.07) is 8.77. The summed E-state index contributed by atoms with van der Waals surface area (Å²) in [6.45, 7) is 3.32. The van der Waals surface area contributed by atoms with E-state index in [0.717, 1.165) is 23.3 Å². The van der Waals surface area contributed by atoms with Crippen molar-refractivity contribution in [2.45, 2.75) is 13.0 Å². The van der Waals surface area contributed by atoms with Gasteiger partial charge in [0.05, 0.1) is 5.52 Å². The van der Waals surface area contributed by atoms with Crippen LogP contribution in [-0.2, 0) is 0 Å². The molecule has 1 saturated heterocycles. The van der Waals surface area contributed by atoms with E-state index in [1.807, 2.05) is 18.2 Å². The van der Waals surface area contributed by atoms with Crippen molar-refractivity contribution in [2.75, 3.05) is 11.4 Å². The number of nitrogens with zero attached hydrogens (tertiary/aromatic N) is 3. The van der Waals surface area contributed by atoms with E-state index >= 15 is 0 Å². The van der Waals surface area contributed by atoms with Crippen LogP contribution in [0.4, 0.5) is 5.82 Å². The Kier molecular flexibility index (Phi) is 1.48. The number of hydrogen-bond acceptors (Lipinski definition) is 3. The average molecular weight is 185 g/mol. The van der Waals surface area contributed by atoms with Gasteiger partial charge in [-0.3, -0.25) is 0 Å². The third-order valence-corrected chi connectivity index (χ3v) is 2.65. The fourth-order valence-corrected chi connectivity index (χ4v) is 1.75. The maximum absolute atomic E-state index is 4.33. The number of para-hydroxylation sites is 1. The summed E-state index contributed by atoms with van der Waals surface area (Å²) in [5, 5.41) is 1.15. The Balaban J connectivity index is 2.23. The van der Waals surface area contributed by atoms with Gasteiger partial charge in [0.2, 0.25) is 0 Å². The number of hydrogen-bond donors (Lipinski definition) is 0. The fraction of sp³-hybridized carbons (Fsp3) is 0.273. The number of benzene rings is 1. The van der Waals surface area contributed by atoms with Gasteiger partial charge in [0.25, 0.3) is 0 Å². The minimum absolute atomic E-state index is 0.633. The molecule has 0 aliphatic carbocycles. The van der Waals surface area contributed by atoms with Crippen LogP contribution in [0.15, 0.2) is 30.6 Å². The Morgan fingerprint density at radius 1 is 1.29 bits per heavy atom. The van der Waals surface area contributed by atoms with Crippen molar-refractivity contribution in [1.29, 1.82) is 0 Å². The lowest BCUT2D eigenvalue weighted by Crippen LogP contribution is -1.99. The van der Waals surface area contributed by atoms with Crippen LogP contribution in [0.1, 0.15) is 6.92 Å². The molecule has 0 spiro atoms. The van der Waals surface area contributed by atoms with Gasteiger partial charge in [0.1, 0.15) is 12.1 Å². The molecule has 0 N–H and O–H groups in total. The van der Waals surface area contributed by atoms with Crippen molar-refractivity contribution in [2.24, 2.45) is 0 Å². The second kappa shape index (κ2) is 2.67. The molecule has 70 valence electrons. The van der Waals surface area contributed by atoms with Crippen LogP contribution in [0.5, 0.6) is 0 Å². The third kappa shape index (κ3) is 1.05. The second-order valence-corrected chi connectivity index (χ2v) is 3.72. The first kappa shape index (κ1) is 7.74. The summed E-state index contributed by atoms with van der Waals surface area (Å²) in [4.78, 5) is 10.9. The minimum atomic E-state index is 0.633. The molecule has 1 aliphatic rings. The Hall–Kier alpha value is -1.64. The molecule has 0 radical (unpaired) electrons. The zero-order valence-corrected chi connectivity index (χ0v) is 8.01. The third-order valence-electron chi connectivity index (χ3n) is 2.65. The van der Waals surface area contributed by atoms with E-state index in [9.17, 15) is 0 Å². The van der Waals surface area contributed by atoms with Crippen LogP contribution in [-0.4, -0.2) is 22.6 Å². The second-order valence-electron chi connectivity index (χ2n) is 3.72. The predicted molar refractivity (Wildman–Crippen MR) is 56.3 cm³/mol. The highest BCUT2D eigenvalue weighted by atomic mass is 15.3. The average Bonchev–Trinajstić information content (AvgIpc) is 2.95. The molecule has 1 aliphatic heterocycles. The first-order chi connectivity index (χ1) is 6.86. The lowest BCUT2D eigenvalue weighted by Gasteiger charge is -2.05. The lowest BCUT2D eigenvalue weighted by atomic mass is 10.2. The van der Waals surface area contributed by atoms with Gasteiger partial charge in [-0.1, -0.05) is 12.1 Å². The van der Waals surface area contributed by atoms with Crippen molar-refractivity contribution in [3.05, 3.63) is 30.6 Å². The summed E-state index contributed by atoms with van der Waals surface area (Å²) in [5.41, 5.74) is 1.02. The number of rotatable bonds is 1. The molecular weight excluding hydrogens is 174 g/mol. The van der Waals surface area contributed by atoms with E-state index in [1.54, 1.807) is 6.33 Å². The first-order valence-corrected chi connectivity index (χ1v) is 4.82. The zero-order chi connectivity index (χ0) is 9.54. The van der Waals surface area contributed by atoms with Crippen molar-refractivity contribution in [3.63, 3.8) is 0 Å². The molecule has 0 bridgehead atoms. The molecule has 1 fully saturated rings. The van der Waals surface area contributed by atoms with Gasteiger partial charge >= 0.3 is 0 Å². The Morgan fingerprint density at radius 3 is 2.86 bits per heavy atom.